The smallest absolute Gasteiger partial charge is 0.0406 e. The van der Waals surface area contributed by atoms with Crippen LogP contribution >= 0.6 is 11.6 Å². The van der Waals surface area contributed by atoms with E-state index in [0.717, 1.165) is 23.9 Å². The van der Waals surface area contributed by atoms with Crippen molar-refractivity contribution in [3.8, 4) is 0 Å². The number of halogens is 1. The van der Waals surface area contributed by atoms with Crippen molar-refractivity contribution >= 4 is 11.6 Å². The topological polar surface area (TPSA) is 12.0 Å². The molecular formula is C17H26ClN. The van der Waals surface area contributed by atoms with Gasteiger partial charge < -0.3 is 5.32 Å². The molecule has 1 fully saturated rings. The van der Waals surface area contributed by atoms with Crippen LogP contribution in [0.2, 0.25) is 5.02 Å². The van der Waals surface area contributed by atoms with Gasteiger partial charge in [-0.2, -0.15) is 0 Å². The van der Waals surface area contributed by atoms with Crippen molar-refractivity contribution in [2.45, 2.75) is 57.9 Å². The lowest BCUT2D eigenvalue weighted by atomic mass is 9.83. The average molecular weight is 280 g/mol. The summed E-state index contributed by atoms with van der Waals surface area (Å²) >= 11 is 5.95. The van der Waals surface area contributed by atoms with Gasteiger partial charge in [-0.05, 0) is 43.0 Å². The van der Waals surface area contributed by atoms with E-state index in [1.165, 1.54) is 44.1 Å². The summed E-state index contributed by atoms with van der Waals surface area (Å²) in [5, 5.41) is 4.49. The third-order valence-corrected chi connectivity index (χ3v) is 4.48. The molecule has 0 spiro atoms. The Labute approximate surface area is 122 Å². The molecule has 1 aliphatic carbocycles. The van der Waals surface area contributed by atoms with Crippen LogP contribution in [0.15, 0.2) is 24.3 Å². The fourth-order valence-electron chi connectivity index (χ4n) is 3.26. The molecule has 0 amide bonds. The molecule has 2 rings (SSSR count). The minimum atomic E-state index is 0.620. The first kappa shape index (κ1) is 14.9. The van der Waals surface area contributed by atoms with Gasteiger partial charge in [-0.15, -0.1) is 0 Å². The molecule has 1 aliphatic rings. The normalized spacial score (nSPS) is 18.4. The summed E-state index contributed by atoms with van der Waals surface area (Å²) in [6.45, 7) is 3.26. The SMILES string of the molecule is CCNC(Cc1ccc(Cl)cc1)CC1CCCCC1. The zero-order valence-corrected chi connectivity index (χ0v) is 12.8. The molecule has 1 unspecified atom stereocenters. The van der Waals surface area contributed by atoms with Crippen LogP contribution in [0.1, 0.15) is 51.0 Å². The fraction of sp³-hybridized carbons (Fsp3) is 0.647. The Hall–Kier alpha value is -0.530. The second-order valence-electron chi connectivity index (χ2n) is 5.82. The largest absolute Gasteiger partial charge is 0.314 e. The number of benzene rings is 1. The van der Waals surface area contributed by atoms with Gasteiger partial charge in [-0.25, -0.2) is 0 Å². The lowest BCUT2D eigenvalue weighted by molar-refractivity contribution is 0.298. The maximum Gasteiger partial charge on any atom is 0.0406 e. The minimum Gasteiger partial charge on any atom is -0.314 e. The van der Waals surface area contributed by atoms with E-state index in [-0.39, 0.29) is 0 Å². The Bertz CT molecular complexity index is 354. The molecule has 1 nitrogen and oxygen atoms in total. The van der Waals surface area contributed by atoms with E-state index in [4.69, 9.17) is 11.6 Å². The van der Waals surface area contributed by atoms with Crippen molar-refractivity contribution in [3.05, 3.63) is 34.9 Å². The van der Waals surface area contributed by atoms with E-state index in [0.29, 0.717) is 6.04 Å². The average Bonchev–Trinajstić information content (AvgIpc) is 2.43. The number of hydrogen-bond acceptors (Lipinski definition) is 1. The van der Waals surface area contributed by atoms with Gasteiger partial charge in [0, 0.05) is 11.1 Å². The van der Waals surface area contributed by atoms with Crippen LogP contribution in [0.25, 0.3) is 0 Å². The van der Waals surface area contributed by atoms with Crippen molar-refractivity contribution in [2.24, 2.45) is 5.92 Å². The van der Waals surface area contributed by atoms with Crippen molar-refractivity contribution in [3.63, 3.8) is 0 Å². The van der Waals surface area contributed by atoms with Gasteiger partial charge in [0.1, 0.15) is 0 Å². The number of rotatable bonds is 6. The van der Waals surface area contributed by atoms with Crippen LogP contribution in [0, 0.1) is 5.92 Å². The number of nitrogens with one attached hydrogen (secondary N) is 1. The fourth-order valence-corrected chi connectivity index (χ4v) is 3.38. The van der Waals surface area contributed by atoms with Crippen molar-refractivity contribution in [1.82, 2.24) is 5.32 Å². The Kier molecular flexibility index (Phi) is 6.19. The van der Waals surface area contributed by atoms with Crippen LogP contribution in [0.4, 0.5) is 0 Å². The first-order valence-corrected chi connectivity index (χ1v) is 8.13. The van der Waals surface area contributed by atoms with Gasteiger partial charge >= 0.3 is 0 Å². The molecule has 0 aliphatic heterocycles. The van der Waals surface area contributed by atoms with Crippen molar-refractivity contribution in [1.29, 1.82) is 0 Å². The third kappa shape index (κ3) is 5.16. The Balaban J connectivity index is 1.89. The van der Waals surface area contributed by atoms with E-state index >= 15 is 0 Å². The summed E-state index contributed by atoms with van der Waals surface area (Å²) in [4.78, 5) is 0. The second-order valence-corrected chi connectivity index (χ2v) is 6.26. The molecule has 1 atom stereocenters. The quantitative estimate of drug-likeness (QED) is 0.786. The van der Waals surface area contributed by atoms with Gasteiger partial charge in [0.05, 0.1) is 0 Å². The monoisotopic (exact) mass is 279 g/mol. The molecule has 0 bridgehead atoms. The summed E-state index contributed by atoms with van der Waals surface area (Å²) in [5.41, 5.74) is 1.39. The Morgan fingerprint density at radius 3 is 2.47 bits per heavy atom. The lowest BCUT2D eigenvalue weighted by Gasteiger charge is -2.27. The summed E-state index contributed by atoms with van der Waals surface area (Å²) in [7, 11) is 0. The molecule has 1 aromatic carbocycles. The molecule has 1 aromatic rings. The van der Waals surface area contributed by atoms with E-state index in [9.17, 15) is 0 Å². The summed E-state index contributed by atoms with van der Waals surface area (Å²) < 4.78 is 0. The summed E-state index contributed by atoms with van der Waals surface area (Å²) in [6.07, 6.45) is 9.64. The number of hydrogen-bond donors (Lipinski definition) is 1. The first-order valence-electron chi connectivity index (χ1n) is 7.75. The number of likely N-dealkylation sites (N-methyl/N-ethyl adjacent to an activating group) is 1. The molecule has 0 heterocycles. The standard InChI is InChI=1S/C17H26ClN/c1-2-19-17(12-14-6-4-3-5-7-14)13-15-8-10-16(18)11-9-15/h8-11,14,17,19H,2-7,12-13H2,1H3. The van der Waals surface area contributed by atoms with E-state index in [2.05, 4.69) is 24.4 Å². The highest BCUT2D eigenvalue weighted by molar-refractivity contribution is 6.30. The molecule has 1 saturated carbocycles. The van der Waals surface area contributed by atoms with Gasteiger partial charge in [0.25, 0.3) is 0 Å². The first-order chi connectivity index (χ1) is 9.28. The molecule has 19 heavy (non-hydrogen) atoms. The Morgan fingerprint density at radius 2 is 1.84 bits per heavy atom. The van der Waals surface area contributed by atoms with Gasteiger partial charge in [0.2, 0.25) is 0 Å². The van der Waals surface area contributed by atoms with Crippen LogP contribution in [0.3, 0.4) is 0 Å². The maximum atomic E-state index is 5.95. The van der Waals surface area contributed by atoms with Crippen molar-refractivity contribution < 1.29 is 0 Å². The molecule has 0 saturated heterocycles. The summed E-state index contributed by atoms with van der Waals surface area (Å²) in [5.74, 6) is 0.935. The van der Waals surface area contributed by atoms with Crippen LogP contribution < -0.4 is 5.32 Å². The van der Waals surface area contributed by atoms with E-state index in [1.807, 2.05) is 12.1 Å². The minimum absolute atomic E-state index is 0.620. The van der Waals surface area contributed by atoms with Gasteiger partial charge in [0.15, 0.2) is 0 Å². The Morgan fingerprint density at radius 1 is 1.16 bits per heavy atom. The zero-order valence-electron chi connectivity index (χ0n) is 12.0. The molecular weight excluding hydrogens is 254 g/mol. The van der Waals surface area contributed by atoms with Crippen LogP contribution in [0.5, 0.6) is 0 Å². The molecule has 2 heteroatoms. The van der Waals surface area contributed by atoms with Crippen molar-refractivity contribution in [2.75, 3.05) is 6.54 Å². The second kappa shape index (κ2) is 7.91. The predicted octanol–water partition coefficient (Wildman–Crippen LogP) is 4.83. The predicted molar refractivity (Wildman–Crippen MR) is 83.8 cm³/mol. The zero-order chi connectivity index (χ0) is 13.5. The van der Waals surface area contributed by atoms with E-state index < -0.39 is 0 Å². The molecule has 0 aromatic heterocycles. The molecule has 106 valence electrons. The van der Waals surface area contributed by atoms with Crippen LogP contribution in [-0.4, -0.2) is 12.6 Å². The lowest BCUT2D eigenvalue weighted by Crippen LogP contribution is -2.33. The molecule has 0 radical (unpaired) electrons. The highest BCUT2D eigenvalue weighted by Gasteiger charge is 2.18. The summed E-state index contributed by atoms with van der Waals surface area (Å²) in [6, 6.07) is 8.94. The molecule has 1 N–H and O–H groups in total. The van der Waals surface area contributed by atoms with E-state index in [1.54, 1.807) is 0 Å². The van der Waals surface area contributed by atoms with Gasteiger partial charge in [-0.1, -0.05) is 62.8 Å². The van der Waals surface area contributed by atoms with Crippen LogP contribution in [-0.2, 0) is 6.42 Å². The third-order valence-electron chi connectivity index (χ3n) is 4.23. The maximum absolute atomic E-state index is 5.95. The van der Waals surface area contributed by atoms with Gasteiger partial charge in [-0.3, -0.25) is 0 Å². The highest BCUT2D eigenvalue weighted by Crippen LogP contribution is 2.28. The highest BCUT2D eigenvalue weighted by atomic mass is 35.5.